The van der Waals surface area contributed by atoms with Crippen molar-refractivity contribution < 1.29 is 41.5 Å². The number of ether oxygens (including phenoxy) is 2. The highest BCUT2D eigenvalue weighted by atomic mass is 19.1. The number of nitrogens with zero attached hydrogens (tertiary/aromatic N) is 3. The van der Waals surface area contributed by atoms with Gasteiger partial charge in [-0.05, 0) is 30.5 Å². The Balaban J connectivity index is 1.47. The summed E-state index contributed by atoms with van der Waals surface area (Å²) in [4.78, 5) is 48.5. The van der Waals surface area contributed by atoms with Crippen LogP contribution in [0, 0.1) is 17.5 Å². The molecule has 1 aromatic heterocycles. The molecule has 0 aliphatic carbocycles. The summed E-state index contributed by atoms with van der Waals surface area (Å²) in [5, 5.41) is 6.09. The van der Waals surface area contributed by atoms with Gasteiger partial charge in [0.25, 0.3) is 17.7 Å². The number of aromatic nitrogens is 1. The molecule has 45 heavy (non-hydrogen) atoms. The standard InChI is InChI=1S/C31H28F4N4O6/c1-16-8-9-31(27(35)29(43-2)37-45-31)23-14-38(16)30(42)24-26(44-15-17-6-4-3-5-7-17)25(40)20(13-39(23)24)28(41)36-12-19-21(33)10-18(32)11-22(19)34/h3-7,10-11,13,16,23,27H,8-9,12,14-15H2,1-2H3,(H,36,41)/t16-,23+,27-,31+/m0/s1. The highest BCUT2D eigenvalue weighted by Crippen LogP contribution is 2.47. The van der Waals surface area contributed by atoms with Crippen LogP contribution in [0.25, 0.3) is 0 Å². The van der Waals surface area contributed by atoms with Gasteiger partial charge in [-0.3, -0.25) is 14.4 Å². The van der Waals surface area contributed by atoms with Gasteiger partial charge < -0.3 is 29.1 Å². The number of hydrogen-bond donors (Lipinski definition) is 1. The second-order valence-corrected chi connectivity index (χ2v) is 11.2. The molecule has 2 amide bonds. The number of rotatable bonds is 6. The summed E-state index contributed by atoms with van der Waals surface area (Å²) >= 11 is 0. The second-order valence-electron chi connectivity index (χ2n) is 11.2. The number of benzene rings is 2. The van der Waals surface area contributed by atoms with Gasteiger partial charge >= 0.3 is 0 Å². The van der Waals surface area contributed by atoms with Crippen LogP contribution < -0.4 is 15.5 Å². The summed E-state index contributed by atoms with van der Waals surface area (Å²) in [6, 6.07) is 8.30. The molecule has 0 radical (unpaired) electrons. The largest absolute Gasteiger partial charge is 0.483 e. The molecule has 4 heterocycles. The van der Waals surface area contributed by atoms with Crippen LogP contribution in [-0.2, 0) is 22.7 Å². The monoisotopic (exact) mass is 628 g/mol. The number of hydrogen-bond acceptors (Lipinski definition) is 7. The second kappa shape index (κ2) is 11.6. The molecule has 3 aliphatic heterocycles. The van der Waals surface area contributed by atoms with Crippen molar-refractivity contribution in [3.8, 4) is 5.75 Å². The zero-order valence-electron chi connectivity index (χ0n) is 24.2. The molecule has 1 spiro atoms. The van der Waals surface area contributed by atoms with Crippen LogP contribution in [0.2, 0.25) is 0 Å². The first-order valence-corrected chi connectivity index (χ1v) is 14.2. The normalized spacial score (nSPS) is 23.6. The van der Waals surface area contributed by atoms with E-state index in [4.69, 9.17) is 14.3 Å². The van der Waals surface area contributed by atoms with E-state index >= 15 is 4.39 Å². The van der Waals surface area contributed by atoms with Gasteiger partial charge in [-0.15, -0.1) is 0 Å². The van der Waals surface area contributed by atoms with Gasteiger partial charge in [0, 0.05) is 43.0 Å². The van der Waals surface area contributed by atoms with Crippen LogP contribution in [0.3, 0.4) is 0 Å². The Morgan fingerprint density at radius 3 is 2.53 bits per heavy atom. The van der Waals surface area contributed by atoms with Gasteiger partial charge in [0.05, 0.1) is 13.2 Å². The molecule has 3 aliphatic rings. The Kier molecular flexibility index (Phi) is 7.75. The third kappa shape index (κ3) is 5.07. The van der Waals surface area contributed by atoms with Crippen LogP contribution in [0.5, 0.6) is 5.75 Å². The molecule has 10 nitrogen and oxygen atoms in total. The van der Waals surface area contributed by atoms with Crippen molar-refractivity contribution in [3.05, 3.63) is 98.7 Å². The van der Waals surface area contributed by atoms with Crippen molar-refractivity contribution in [1.82, 2.24) is 14.8 Å². The Hall–Kier alpha value is -4.88. The number of pyridine rings is 1. The number of methoxy groups -OCH3 is 1. The third-order valence-electron chi connectivity index (χ3n) is 8.57. The van der Waals surface area contributed by atoms with E-state index in [1.54, 1.807) is 37.3 Å². The van der Waals surface area contributed by atoms with Crippen LogP contribution in [0.15, 0.2) is 58.6 Å². The molecule has 4 atom stereocenters. The maximum absolute atomic E-state index is 16.1. The molecule has 6 rings (SSSR count). The molecule has 0 unspecified atom stereocenters. The number of carbonyl (C=O) groups excluding carboxylic acids is 2. The van der Waals surface area contributed by atoms with Crippen molar-refractivity contribution in [2.24, 2.45) is 5.16 Å². The molecule has 2 bridgehead atoms. The molecule has 1 N–H and O–H groups in total. The average Bonchev–Trinajstić information content (AvgIpc) is 3.27. The fourth-order valence-corrected chi connectivity index (χ4v) is 6.09. The maximum atomic E-state index is 16.1. The first-order valence-electron chi connectivity index (χ1n) is 14.2. The fraction of sp³-hybridized carbons (Fsp3) is 0.355. The van der Waals surface area contributed by atoms with Gasteiger partial charge in [0.1, 0.15) is 29.6 Å². The van der Waals surface area contributed by atoms with E-state index < -0.39 is 75.9 Å². The summed E-state index contributed by atoms with van der Waals surface area (Å²) < 4.78 is 70.4. The minimum Gasteiger partial charge on any atom is -0.483 e. The van der Waals surface area contributed by atoms with E-state index in [0.717, 1.165) is 6.20 Å². The lowest BCUT2D eigenvalue weighted by Crippen LogP contribution is -2.55. The number of nitrogens with one attached hydrogen (secondary N) is 1. The third-order valence-corrected chi connectivity index (χ3v) is 8.57. The minimum atomic E-state index is -1.85. The van der Waals surface area contributed by atoms with E-state index in [1.807, 2.05) is 0 Å². The van der Waals surface area contributed by atoms with E-state index in [0.29, 0.717) is 24.1 Å². The number of halogens is 4. The molecular formula is C31H28F4N4O6. The lowest BCUT2D eigenvalue weighted by atomic mass is 9.84. The zero-order chi connectivity index (χ0) is 32.0. The Labute approximate surface area is 254 Å². The number of fused-ring (bicyclic) bond motifs is 5. The van der Waals surface area contributed by atoms with Crippen LogP contribution in [-0.4, -0.2) is 58.6 Å². The lowest BCUT2D eigenvalue weighted by Gasteiger charge is -2.42. The zero-order valence-corrected chi connectivity index (χ0v) is 24.2. The molecule has 236 valence electrons. The number of oxime groups is 1. The van der Waals surface area contributed by atoms with Crippen molar-refractivity contribution in [2.75, 3.05) is 13.7 Å². The fourth-order valence-electron chi connectivity index (χ4n) is 6.09. The van der Waals surface area contributed by atoms with Crippen molar-refractivity contribution in [3.63, 3.8) is 0 Å². The van der Waals surface area contributed by atoms with E-state index in [-0.39, 0.29) is 37.2 Å². The molecule has 0 saturated carbocycles. The Bertz CT molecular complexity index is 1740. The molecular weight excluding hydrogens is 600 g/mol. The van der Waals surface area contributed by atoms with Crippen LogP contribution in [0.1, 0.15) is 57.8 Å². The SMILES string of the molecule is COC1=NO[C@@]2(CC[C@H](C)N3C[C@H]2n2cc(C(=O)NCc4c(F)cc(F)cc4F)c(=O)c(OCc4ccccc4)c2C3=O)[C@H]1F. The lowest BCUT2D eigenvalue weighted by molar-refractivity contribution is -0.0960. The first-order chi connectivity index (χ1) is 21.6. The smallest absolute Gasteiger partial charge is 0.274 e. The average molecular weight is 629 g/mol. The minimum absolute atomic E-state index is 0.0476. The maximum Gasteiger partial charge on any atom is 0.274 e. The molecule has 2 aromatic carbocycles. The first kappa shape index (κ1) is 30.2. The quantitative estimate of drug-likeness (QED) is 0.413. The van der Waals surface area contributed by atoms with E-state index in [9.17, 15) is 27.6 Å². The topological polar surface area (TPSA) is 111 Å². The summed E-state index contributed by atoms with van der Waals surface area (Å²) in [7, 11) is 1.25. The van der Waals surface area contributed by atoms with Crippen molar-refractivity contribution >= 4 is 17.7 Å². The molecule has 14 heteroatoms. The van der Waals surface area contributed by atoms with Gasteiger partial charge in [0.15, 0.2) is 17.0 Å². The summed E-state index contributed by atoms with van der Waals surface area (Å²) in [6.45, 7) is 0.866. The van der Waals surface area contributed by atoms with Crippen molar-refractivity contribution in [1.29, 1.82) is 0 Å². The van der Waals surface area contributed by atoms with E-state index in [2.05, 4.69) is 10.5 Å². The predicted molar refractivity (Wildman–Crippen MR) is 151 cm³/mol. The van der Waals surface area contributed by atoms with E-state index in [1.165, 1.54) is 16.6 Å². The van der Waals surface area contributed by atoms with Gasteiger partial charge in [-0.2, -0.15) is 0 Å². The predicted octanol–water partition coefficient (Wildman–Crippen LogP) is 4.02. The van der Waals surface area contributed by atoms with Gasteiger partial charge in [0.2, 0.25) is 11.6 Å². The Morgan fingerprint density at radius 1 is 1.16 bits per heavy atom. The molecule has 1 fully saturated rings. The molecule has 3 aromatic rings. The summed E-state index contributed by atoms with van der Waals surface area (Å²) in [5.74, 6) is -5.99. The van der Waals surface area contributed by atoms with Gasteiger partial charge in [-0.1, -0.05) is 30.3 Å². The van der Waals surface area contributed by atoms with Crippen molar-refractivity contribution in [2.45, 2.75) is 56.8 Å². The summed E-state index contributed by atoms with van der Waals surface area (Å²) in [5.41, 5.74) is -3.37. The van der Waals surface area contributed by atoms with Crippen LogP contribution in [0.4, 0.5) is 17.6 Å². The number of amides is 2. The summed E-state index contributed by atoms with van der Waals surface area (Å²) in [6.07, 6.45) is -0.318. The van der Waals surface area contributed by atoms with Crippen LogP contribution >= 0.6 is 0 Å². The van der Waals surface area contributed by atoms with Gasteiger partial charge in [-0.25, -0.2) is 17.6 Å². The number of alkyl halides is 1. The molecule has 1 saturated heterocycles. The number of carbonyl (C=O) groups is 2. The highest BCUT2D eigenvalue weighted by molar-refractivity contribution is 5.99. The Morgan fingerprint density at radius 2 is 1.87 bits per heavy atom. The highest BCUT2D eigenvalue weighted by Gasteiger charge is 2.61.